The number of hydrogen-bond donors (Lipinski definition) is 0. The molecule has 3 heterocycles. The summed E-state index contributed by atoms with van der Waals surface area (Å²) in [5.74, 6) is 0.961. The molecule has 0 unspecified atom stereocenters. The summed E-state index contributed by atoms with van der Waals surface area (Å²) in [6.45, 7) is 8.11. The van der Waals surface area contributed by atoms with Gasteiger partial charge in [0.2, 0.25) is 0 Å². The van der Waals surface area contributed by atoms with E-state index < -0.39 is 0 Å². The van der Waals surface area contributed by atoms with Crippen molar-refractivity contribution in [2.45, 2.75) is 6.42 Å². The van der Waals surface area contributed by atoms with Gasteiger partial charge in [0.15, 0.2) is 5.65 Å². The van der Waals surface area contributed by atoms with E-state index in [4.69, 9.17) is 0 Å². The molecule has 1 aliphatic heterocycles. The minimum Gasteiger partial charge on any atom is -0.371 e. The summed E-state index contributed by atoms with van der Waals surface area (Å²) in [5, 5.41) is 12.5. The Morgan fingerprint density at radius 1 is 0.867 bits per heavy atom. The summed E-state index contributed by atoms with van der Waals surface area (Å²) in [6, 6.07) is 23.2. The van der Waals surface area contributed by atoms with Crippen molar-refractivity contribution >= 4 is 11.5 Å². The SMILES string of the molecule is C=C(Cc1cccc(-c2ccccc2)c1)N1CCN(c2ccc3nncn3n2)CC1. The molecule has 5 rings (SSSR count). The number of aromatic nitrogens is 4. The topological polar surface area (TPSA) is 49.6 Å². The molecule has 1 fully saturated rings. The van der Waals surface area contributed by atoms with Gasteiger partial charge in [-0.15, -0.1) is 15.3 Å². The smallest absolute Gasteiger partial charge is 0.177 e. The van der Waals surface area contributed by atoms with Gasteiger partial charge in [0.1, 0.15) is 12.1 Å². The standard InChI is InChI=1S/C24H24N6/c1-19(16-20-6-5-9-22(17-20)21-7-3-2-4-8-21)28-12-14-29(15-13-28)24-11-10-23-26-25-18-30(23)27-24/h2-11,17-18H,1,12-16H2. The summed E-state index contributed by atoms with van der Waals surface area (Å²) < 4.78 is 1.72. The van der Waals surface area contributed by atoms with Crippen molar-refractivity contribution in [2.24, 2.45) is 0 Å². The Balaban J connectivity index is 1.22. The molecule has 30 heavy (non-hydrogen) atoms. The normalized spacial score (nSPS) is 14.3. The van der Waals surface area contributed by atoms with Crippen LogP contribution in [0.5, 0.6) is 0 Å². The zero-order valence-corrected chi connectivity index (χ0v) is 16.9. The molecule has 2 aromatic heterocycles. The quantitative estimate of drug-likeness (QED) is 0.515. The van der Waals surface area contributed by atoms with Gasteiger partial charge >= 0.3 is 0 Å². The highest BCUT2D eigenvalue weighted by atomic mass is 15.4. The minimum atomic E-state index is 0.767. The van der Waals surface area contributed by atoms with Gasteiger partial charge in [0.25, 0.3) is 0 Å². The first kappa shape index (κ1) is 18.4. The molecule has 6 heteroatoms. The lowest BCUT2D eigenvalue weighted by molar-refractivity contribution is 0.315. The van der Waals surface area contributed by atoms with Crippen LogP contribution < -0.4 is 4.90 Å². The van der Waals surface area contributed by atoms with E-state index in [1.807, 2.05) is 12.1 Å². The average Bonchev–Trinajstić information content (AvgIpc) is 3.28. The molecule has 0 bridgehead atoms. The number of rotatable bonds is 5. The monoisotopic (exact) mass is 396 g/mol. The molecule has 0 atom stereocenters. The maximum Gasteiger partial charge on any atom is 0.177 e. The Morgan fingerprint density at radius 3 is 2.50 bits per heavy atom. The van der Waals surface area contributed by atoms with Crippen LogP contribution in [0.3, 0.4) is 0 Å². The summed E-state index contributed by atoms with van der Waals surface area (Å²) in [6.07, 6.45) is 2.51. The number of fused-ring (bicyclic) bond motifs is 1. The highest BCUT2D eigenvalue weighted by Crippen LogP contribution is 2.23. The van der Waals surface area contributed by atoms with Crippen LogP contribution in [0.2, 0.25) is 0 Å². The molecule has 2 aromatic carbocycles. The van der Waals surface area contributed by atoms with Crippen molar-refractivity contribution in [3.05, 3.63) is 90.9 Å². The molecule has 0 amide bonds. The number of allylic oxidation sites excluding steroid dienone is 1. The molecular formula is C24H24N6. The van der Waals surface area contributed by atoms with Crippen LogP contribution in [-0.4, -0.2) is 50.9 Å². The van der Waals surface area contributed by atoms with E-state index in [0.29, 0.717) is 0 Å². The first-order valence-electron chi connectivity index (χ1n) is 10.3. The van der Waals surface area contributed by atoms with Crippen molar-refractivity contribution in [1.29, 1.82) is 0 Å². The molecule has 0 aliphatic carbocycles. The predicted octanol–water partition coefficient (Wildman–Crippen LogP) is 3.67. The third-order valence-corrected chi connectivity index (χ3v) is 5.64. The number of piperazine rings is 1. The van der Waals surface area contributed by atoms with E-state index in [9.17, 15) is 0 Å². The number of nitrogens with zero attached hydrogens (tertiary/aromatic N) is 6. The zero-order chi connectivity index (χ0) is 20.3. The molecular weight excluding hydrogens is 372 g/mol. The molecule has 0 N–H and O–H groups in total. The average molecular weight is 396 g/mol. The Hall–Kier alpha value is -3.67. The van der Waals surface area contributed by atoms with Gasteiger partial charge in [0.05, 0.1) is 0 Å². The van der Waals surface area contributed by atoms with Crippen molar-refractivity contribution in [2.75, 3.05) is 31.1 Å². The second kappa shape index (κ2) is 7.99. The van der Waals surface area contributed by atoms with Crippen LogP contribution in [0.25, 0.3) is 16.8 Å². The van der Waals surface area contributed by atoms with Crippen molar-refractivity contribution in [1.82, 2.24) is 24.7 Å². The predicted molar refractivity (Wildman–Crippen MR) is 119 cm³/mol. The number of benzene rings is 2. The van der Waals surface area contributed by atoms with E-state index in [2.05, 4.69) is 86.3 Å². The van der Waals surface area contributed by atoms with Crippen LogP contribution in [0.4, 0.5) is 5.82 Å². The van der Waals surface area contributed by atoms with Crippen LogP contribution >= 0.6 is 0 Å². The largest absolute Gasteiger partial charge is 0.371 e. The summed E-state index contributed by atoms with van der Waals surface area (Å²) in [4.78, 5) is 4.70. The van der Waals surface area contributed by atoms with Crippen LogP contribution in [0.1, 0.15) is 5.56 Å². The van der Waals surface area contributed by atoms with E-state index in [1.165, 1.54) is 22.4 Å². The van der Waals surface area contributed by atoms with Crippen molar-refractivity contribution in [3.63, 3.8) is 0 Å². The van der Waals surface area contributed by atoms with Gasteiger partial charge in [-0.1, -0.05) is 61.2 Å². The van der Waals surface area contributed by atoms with Crippen molar-refractivity contribution in [3.8, 4) is 11.1 Å². The number of hydrogen-bond acceptors (Lipinski definition) is 5. The van der Waals surface area contributed by atoms with Gasteiger partial charge < -0.3 is 9.80 Å². The third-order valence-electron chi connectivity index (χ3n) is 5.64. The Bertz CT molecular complexity index is 1160. The summed E-state index contributed by atoms with van der Waals surface area (Å²) in [7, 11) is 0. The van der Waals surface area contributed by atoms with Crippen LogP contribution in [0, 0.1) is 0 Å². The molecule has 6 nitrogen and oxygen atoms in total. The lowest BCUT2D eigenvalue weighted by Crippen LogP contribution is -2.46. The molecule has 0 saturated carbocycles. The fourth-order valence-corrected chi connectivity index (χ4v) is 3.98. The zero-order valence-electron chi connectivity index (χ0n) is 16.9. The third kappa shape index (κ3) is 3.76. The maximum absolute atomic E-state index is 4.61. The molecule has 4 aromatic rings. The summed E-state index contributed by atoms with van der Waals surface area (Å²) in [5.41, 5.74) is 5.73. The van der Waals surface area contributed by atoms with E-state index in [-0.39, 0.29) is 0 Å². The highest BCUT2D eigenvalue weighted by molar-refractivity contribution is 5.64. The van der Waals surface area contributed by atoms with Gasteiger partial charge in [-0.2, -0.15) is 4.52 Å². The lowest BCUT2D eigenvalue weighted by Gasteiger charge is -2.37. The lowest BCUT2D eigenvalue weighted by atomic mass is 10.0. The van der Waals surface area contributed by atoms with E-state index in [1.54, 1.807) is 10.8 Å². The number of anilines is 1. The molecule has 150 valence electrons. The van der Waals surface area contributed by atoms with Gasteiger partial charge in [-0.25, -0.2) is 0 Å². The van der Waals surface area contributed by atoms with Crippen molar-refractivity contribution < 1.29 is 0 Å². The Kier molecular flexibility index (Phi) is 4.89. The molecule has 0 spiro atoms. The van der Waals surface area contributed by atoms with E-state index in [0.717, 1.165) is 44.1 Å². The van der Waals surface area contributed by atoms with Gasteiger partial charge in [-0.05, 0) is 28.8 Å². The first-order chi connectivity index (χ1) is 14.8. The fraction of sp³-hybridized carbons (Fsp3) is 0.208. The molecule has 1 saturated heterocycles. The van der Waals surface area contributed by atoms with E-state index >= 15 is 0 Å². The Labute approximate surface area is 176 Å². The highest BCUT2D eigenvalue weighted by Gasteiger charge is 2.19. The maximum atomic E-state index is 4.61. The van der Waals surface area contributed by atoms with Crippen LogP contribution in [0.15, 0.2) is 85.3 Å². The Morgan fingerprint density at radius 2 is 1.67 bits per heavy atom. The summed E-state index contributed by atoms with van der Waals surface area (Å²) >= 11 is 0. The van der Waals surface area contributed by atoms with Gasteiger partial charge in [-0.3, -0.25) is 0 Å². The second-order valence-electron chi connectivity index (χ2n) is 7.61. The molecule has 1 aliphatic rings. The van der Waals surface area contributed by atoms with Gasteiger partial charge in [0, 0.05) is 38.3 Å². The first-order valence-corrected chi connectivity index (χ1v) is 10.3. The molecule has 0 radical (unpaired) electrons. The fourth-order valence-electron chi connectivity index (χ4n) is 3.98. The minimum absolute atomic E-state index is 0.767. The van der Waals surface area contributed by atoms with Crippen LogP contribution in [-0.2, 0) is 6.42 Å². The second-order valence-corrected chi connectivity index (χ2v) is 7.61.